The summed E-state index contributed by atoms with van der Waals surface area (Å²) in [5.41, 5.74) is 8.38. The summed E-state index contributed by atoms with van der Waals surface area (Å²) in [6.07, 6.45) is 6.36. The summed E-state index contributed by atoms with van der Waals surface area (Å²) in [5, 5.41) is 7.19. The van der Waals surface area contributed by atoms with Crippen LogP contribution in [0.5, 0.6) is 0 Å². The van der Waals surface area contributed by atoms with Crippen molar-refractivity contribution in [2.24, 2.45) is 11.7 Å². The average molecular weight is 209 g/mol. The van der Waals surface area contributed by atoms with Crippen molar-refractivity contribution in [1.82, 2.24) is 10.2 Å². The summed E-state index contributed by atoms with van der Waals surface area (Å²) >= 11 is 0. The van der Waals surface area contributed by atoms with Crippen molar-refractivity contribution in [3.63, 3.8) is 0 Å². The van der Waals surface area contributed by atoms with Crippen LogP contribution in [0, 0.1) is 5.92 Å². The highest BCUT2D eigenvalue weighted by Crippen LogP contribution is 2.13. The van der Waals surface area contributed by atoms with Crippen LogP contribution in [0.15, 0.2) is 6.20 Å². The molecule has 86 valence electrons. The summed E-state index contributed by atoms with van der Waals surface area (Å²) in [6.45, 7) is 6.55. The second kappa shape index (κ2) is 5.91. The van der Waals surface area contributed by atoms with Crippen LogP contribution in [0.4, 0.5) is 0 Å². The molecule has 3 N–H and O–H groups in total. The molecule has 0 amide bonds. The van der Waals surface area contributed by atoms with Crippen LogP contribution in [0.2, 0.25) is 0 Å². The number of hydrogen-bond acceptors (Lipinski definition) is 2. The van der Waals surface area contributed by atoms with E-state index in [1.807, 2.05) is 13.1 Å². The van der Waals surface area contributed by atoms with E-state index in [1.54, 1.807) is 0 Å². The van der Waals surface area contributed by atoms with Crippen LogP contribution in [-0.2, 0) is 12.8 Å². The molecule has 1 aromatic rings. The number of aromatic nitrogens is 2. The Hall–Kier alpha value is -0.830. The first-order chi connectivity index (χ1) is 7.09. The largest absolute Gasteiger partial charge is 0.328 e. The number of H-pyrrole nitrogens is 1. The molecule has 1 unspecified atom stereocenters. The van der Waals surface area contributed by atoms with Crippen LogP contribution in [-0.4, -0.2) is 16.2 Å². The molecule has 1 aromatic heterocycles. The quantitative estimate of drug-likeness (QED) is 0.755. The van der Waals surface area contributed by atoms with Gasteiger partial charge in [0, 0.05) is 11.7 Å². The molecule has 0 saturated heterocycles. The van der Waals surface area contributed by atoms with Crippen molar-refractivity contribution in [1.29, 1.82) is 0 Å². The molecule has 0 aliphatic rings. The van der Waals surface area contributed by atoms with Gasteiger partial charge in [0.1, 0.15) is 0 Å². The summed E-state index contributed by atoms with van der Waals surface area (Å²) < 4.78 is 0. The third kappa shape index (κ3) is 4.47. The van der Waals surface area contributed by atoms with E-state index in [0.717, 1.165) is 25.2 Å². The highest BCUT2D eigenvalue weighted by molar-refractivity contribution is 5.16. The monoisotopic (exact) mass is 209 g/mol. The number of nitrogens with zero attached hydrogens (tertiary/aromatic N) is 1. The Morgan fingerprint density at radius 1 is 1.27 bits per heavy atom. The molecule has 1 atom stereocenters. The van der Waals surface area contributed by atoms with Gasteiger partial charge in [-0.25, -0.2) is 0 Å². The third-order valence-corrected chi connectivity index (χ3v) is 2.65. The second-order valence-corrected chi connectivity index (χ2v) is 4.82. The SMILES string of the molecule is CC(C)CCc1cn[nH]c1CCC(C)N. The molecule has 0 saturated carbocycles. The van der Waals surface area contributed by atoms with Crippen LogP contribution in [0.1, 0.15) is 44.9 Å². The Bertz CT molecular complexity index is 250. The lowest BCUT2D eigenvalue weighted by Gasteiger charge is -2.07. The molecule has 0 fully saturated rings. The van der Waals surface area contributed by atoms with Gasteiger partial charge in [-0.05, 0) is 44.1 Å². The van der Waals surface area contributed by atoms with Gasteiger partial charge in [0.05, 0.1) is 6.20 Å². The van der Waals surface area contributed by atoms with Gasteiger partial charge in [0.2, 0.25) is 0 Å². The first-order valence-electron chi connectivity index (χ1n) is 5.86. The van der Waals surface area contributed by atoms with E-state index < -0.39 is 0 Å². The summed E-state index contributed by atoms with van der Waals surface area (Å²) in [6, 6.07) is 0.270. The molecule has 0 aliphatic carbocycles. The van der Waals surface area contributed by atoms with E-state index in [2.05, 4.69) is 24.0 Å². The maximum absolute atomic E-state index is 5.75. The molecule has 1 rings (SSSR count). The molecule has 0 aromatic carbocycles. The van der Waals surface area contributed by atoms with Crippen molar-refractivity contribution < 1.29 is 0 Å². The van der Waals surface area contributed by atoms with Crippen molar-refractivity contribution in [2.75, 3.05) is 0 Å². The standard InChI is InChI=1S/C12H23N3/c1-9(2)4-6-11-8-14-15-12(11)7-5-10(3)13/h8-10H,4-7,13H2,1-3H3,(H,14,15). The topological polar surface area (TPSA) is 54.7 Å². The first kappa shape index (κ1) is 12.2. The number of rotatable bonds is 6. The Morgan fingerprint density at radius 3 is 2.60 bits per heavy atom. The Kier molecular flexibility index (Phi) is 4.82. The molecule has 3 heteroatoms. The molecular formula is C12H23N3. The van der Waals surface area contributed by atoms with Crippen molar-refractivity contribution in [2.45, 2.75) is 52.5 Å². The highest BCUT2D eigenvalue weighted by Gasteiger charge is 2.06. The fourth-order valence-electron chi connectivity index (χ4n) is 1.59. The van der Waals surface area contributed by atoms with Gasteiger partial charge in [0.25, 0.3) is 0 Å². The first-order valence-corrected chi connectivity index (χ1v) is 5.86. The van der Waals surface area contributed by atoms with Crippen LogP contribution < -0.4 is 5.73 Å². The van der Waals surface area contributed by atoms with Gasteiger partial charge in [-0.3, -0.25) is 5.10 Å². The number of nitrogens with two attached hydrogens (primary N) is 1. The Morgan fingerprint density at radius 2 is 2.00 bits per heavy atom. The molecule has 0 spiro atoms. The van der Waals surface area contributed by atoms with Crippen LogP contribution >= 0.6 is 0 Å². The molecule has 0 bridgehead atoms. The smallest absolute Gasteiger partial charge is 0.0522 e. The number of hydrogen-bond donors (Lipinski definition) is 2. The van der Waals surface area contributed by atoms with Crippen molar-refractivity contribution in [3.05, 3.63) is 17.5 Å². The lowest BCUT2D eigenvalue weighted by Crippen LogP contribution is -2.15. The lowest BCUT2D eigenvalue weighted by molar-refractivity contribution is 0.582. The van der Waals surface area contributed by atoms with Crippen molar-refractivity contribution in [3.8, 4) is 0 Å². The fraction of sp³-hybridized carbons (Fsp3) is 0.750. The predicted octanol–water partition coefficient (Wildman–Crippen LogP) is 2.28. The van der Waals surface area contributed by atoms with Gasteiger partial charge < -0.3 is 5.73 Å². The Balaban J connectivity index is 2.46. The lowest BCUT2D eigenvalue weighted by atomic mass is 10.0. The zero-order valence-electron chi connectivity index (χ0n) is 10.1. The van der Waals surface area contributed by atoms with Gasteiger partial charge in [0.15, 0.2) is 0 Å². The number of aryl methyl sites for hydroxylation is 2. The van der Waals surface area contributed by atoms with Gasteiger partial charge >= 0.3 is 0 Å². The highest BCUT2D eigenvalue weighted by atomic mass is 15.1. The average Bonchev–Trinajstić information content (AvgIpc) is 2.58. The summed E-state index contributed by atoms with van der Waals surface area (Å²) in [4.78, 5) is 0. The molecular weight excluding hydrogens is 186 g/mol. The van der Waals surface area contributed by atoms with Gasteiger partial charge in [-0.2, -0.15) is 5.10 Å². The van der Waals surface area contributed by atoms with Crippen molar-refractivity contribution >= 4 is 0 Å². The normalized spacial score (nSPS) is 13.4. The molecule has 1 heterocycles. The minimum Gasteiger partial charge on any atom is -0.328 e. The van der Waals surface area contributed by atoms with E-state index in [9.17, 15) is 0 Å². The fourth-order valence-corrected chi connectivity index (χ4v) is 1.59. The zero-order chi connectivity index (χ0) is 11.3. The maximum atomic E-state index is 5.75. The van der Waals surface area contributed by atoms with Gasteiger partial charge in [-0.15, -0.1) is 0 Å². The molecule has 0 aliphatic heterocycles. The number of aromatic amines is 1. The molecule has 0 radical (unpaired) electrons. The maximum Gasteiger partial charge on any atom is 0.0522 e. The predicted molar refractivity (Wildman–Crippen MR) is 63.7 cm³/mol. The molecule has 3 nitrogen and oxygen atoms in total. The minimum atomic E-state index is 0.270. The van der Waals surface area contributed by atoms with E-state index in [1.165, 1.54) is 17.7 Å². The number of nitrogens with one attached hydrogen (secondary N) is 1. The summed E-state index contributed by atoms with van der Waals surface area (Å²) in [5.74, 6) is 0.751. The molecule has 15 heavy (non-hydrogen) atoms. The second-order valence-electron chi connectivity index (χ2n) is 4.82. The van der Waals surface area contributed by atoms with E-state index in [0.29, 0.717) is 0 Å². The van der Waals surface area contributed by atoms with E-state index in [-0.39, 0.29) is 6.04 Å². The minimum absolute atomic E-state index is 0.270. The van der Waals surface area contributed by atoms with E-state index >= 15 is 0 Å². The van der Waals surface area contributed by atoms with Gasteiger partial charge in [-0.1, -0.05) is 13.8 Å². The summed E-state index contributed by atoms with van der Waals surface area (Å²) in [7, 11) is 0. The Labute approximate surface area is 92.5 Å². The van der Waals surface area contributed by atoms with Crippen LogP contribution in [0.3, 0.4) is 0 Å². The zero-order valence-corrected chi connectivity index (χ0v) is 10.1. The third-order valence-electron chi connectivity index (χ3n) is 2.65. The van der Waals surface area contributed by atoms with Crippen LogP contribution in [0.25, 0.3) is 0 Å². The van der Waals surface area contributed by atoms with E-state index in [4.69, 9.17) is 5.73 Å².